The fraction of sp³-hybridized carbons (Fsp3) is 0.538. The summed E-state index contributed by atoms with van der Waals surface area (Å²) in [5, 5.41) is 8.83. The van der Waals surface area contributed by atoms with Crippen LogP contribution >= 0.6 is 0 Å². The summed E-state index contributed by atoms with van der Waals surface area (Å²) in [4.78, 5) is 0. The Kier molecular flexibility index (Phi) is 20.2. The summed E-state index contributed by atoms with van der Waals surface area (Å²) in [6.45, 7) is 19.2. The third-order valence-corrected chi connectivity index (χ3v) is 4.27. The van der Waals surface area contributed by atoms with Crippen molar-refractivity contribution in [2.24, 2.45) is 0 Å². The lowest BCUT2D eigenvalue weighted by Gasteiger charge is -2.13. The van der Waals surface area contributed by atoms with Gasteiger partial charge in [0, 0.05) is 6.61 Å². The largest absolute Gasteiger partial charge is 0.489 e. The molecule has 0 saturated heterocycles. The van der Waals surface area contributed by atoms with Crippen LogP contribution in [0.3, 0.4) is 0 Å². The fourth-order valence-electron chi connectivity index (χ4n) is 2.63. The predicted octanol–water partition coefficient (Wildman–Crippen LogP) is 7.95. The van der Waals surface area contributed by atoms with Crippen molar-refractivity contribution < 1.29 is 9.84 Å². The van der Waals surface area contributed by atoms with E-state index >= 15 is 0 Å². The highest BCUT2D eigenvalue weighted by Crippen LogP contribution is 2.23. The average molecular weight is 389 g/mol. The molecule has 0 spiro atoms. The van der Waals surface area contributed by atoms with Gasteiger partial charge >= 0.3 is 0 Å². The molecule has 28 heavy (non-hydrogen) atoms. The van der Waals surface area contributed by atoms with Crippen molar-refractivity contribution in [3.05, 3.63) is 71.5 Å². The van der Waals surface area contributed by atoms with E-state index in [9.17, 15) is 0 Å². The SMILES string of the molecule is C=C(/C=C\C(=C/C)OCc1ccc(C(CC)CC)cc1)CCCO.CC.CC. The first-order chi connectivity index (χ1) is 13.6. The maximum Gasteiger partial charge on any atom is 0.115 e. The summed E-state index contributed by atoms with van der Waals surface area (Å²) in [5.74, 6) is 1.49. The standard InChI is InChI=1S/C22H32O2.2C2H6/c1-5-20(6-2)21-13-11-19(12-14-21)17-24-22(7-3)15-10-18(4)9-8-16-23;2*1-2/h7,10-15,20,23H,4-6,8-9,16-17H2,1-3H3;2*1-2H3/b15-10-,22-7+;;. The van der Waals surface area contributed by atoms with Crippen LogP contribution in [0, 0.1) is 0 Å². The molecule has 0 aliphatic carbocycles. The normalized spacial score (nSPS) is 10.8. The summed E-state index contributed by atoms with van der Waals surface area (Å²) >= 11 is 0. The molecule has 0 radical (unpaired) electrons. The molecule has 0 fully saturated rings. The minimum absolute atomic E-state index is 0.201. The Labute approximate surface area is 175 Å². The van der Waals surface area contributed by atoms with E-state index in [4.69, 9.17) is 9.84 Å². The van der Waals surface area contributed by atoms with E-state index in [0.717, 1.165) is 24.2 Å². The number of rotatable bonds is 11. The highest BCUT2D eigenvalue weighted by Gasteiger charge is 2.06. The fourth-order valence-corrected chi connectivity index (χ4v) is 2.63. The molecule has 0 heterocycles. The van der Waals surface area contributed by atoms with Crippen LogP contribution in [0.1, 0.15) is 91.2 Å². The minimum Gasteiger partial charge on any atom is -0.489 e. The van der Waals surface area contributed by atoms with Crippen molar-refractivity contribution in [1.29, 1.82) is 0 Å². The molecule has 1 rings (SSSR count). The van der Waals surface area contributed by atoms with Crippen LogP contribution in [0.4, 0.5) is 0 Å². The number of hydrogen-bond acceptors (Lipinski definition) is 2. The van der Waals surface area contributed by atoms with Gasteiger partial charge < -0.3 is 9.84 Å². The quantitative estimate of drug-likeness (QED) is 0.308. The van der Waals surface area contributed by atoms with Gasteiger partial charge in [0.05, 0.1) is 0 Å². The Balaban J connectivity index is 0. The average Bonchev–Trinajstić information content (AvgIpc) is 2.77. The van der Waals surface area contributed by atoms with Crippen LogP contribution in [-0.4, -0.2) is 11.7 Å². The van der Waals surface area contributed by atoms with Crippen molar-refractivity contribution in [2.45, 2.75) is 86.7 Å². The van der Waals surface area contributed by atoms with Crippen molar-refractivity contribution in [2.75, 3.05) is 6.61 Å². The zero-order valence-corrected chi connectivity index (χ0v) is 19.4. The number of ether oxygens (including phenoxy) is 1. The van der Waals surface area contributed by atoms with E-state index in [-0.39, 0.29) is 6.61 Å². The summed E-state index contributed by atoms with van der Waals surface area (Å²) < 4.78 is 5.87. The lowest BCUT2D eigenvalue weighted by Crippen LogP contribution is -1.97. The highest BCUT2D eigenvalue weighted by molar-refractivity contribution is 5.26. The molecular formula is C26H44O2. The van der Waals surface area contributed by atoms with Gasteiger partial charge in [-0.15, -0.1) is 0 Å². The second-order valence-corrected chi connectivity index (χ2v) is 6.05. The number of allylic oxidation sites excluding steroid dienone is 4. The first-order valence-electron chi connectivity index (χ1n) is 11.0. The van der Waals surface area contributed by atoms with E-state index in [0.29, 0.717) is 12.5 Å². The molecule has 0 saturated carbocycles. The molecule has 0 amide bonds. The minimum atomic E-state index is 0.201. The first-order valence-corrected chi connectivity index (χ1v) is 11.0. The number of aliphatic hydroxyl groups excluding tert-OH is 1. The Bertz CT molecular complexity index is 534. The van der Waals surface area contributed by atoms with Crippen LogP contribution < -0.4 is 0 Å². The third kappa shape index (κ3) is 12.6. The monoisotopic (exact) mass is 388 g/mol. The van der Waals surface area contributed by atoms with Crippen LogP contribution in [0.5, 0.6) is 0 Å². The van der Waals surface area contributed by atoms with E-state index in [1.807, 2.05) is 52.8 Å². The predicted molar refractivity (Wildman–Crippen MR) is 126 cm³/mol. The highest BCUT2D eigenvalue weighted by atomic mass is 16.5. The maximum atomic E-state index is 8.83. The molecule has 2 heteroatoms. The van der Waals surface area contributed by atoms with Crippen LogP contribution in [0.25, 0.3) is 0 Å². The molecule has 0 atom stereocenters. The van der Waals surface area contributed by atoms with Gasteiger partial charge in [0.25, 0.3) is 0 Å². The van der Waals surface area contributed by atoms with Crippen LogP contribution in [-0.2, 0) is 11.3 Å². The summed E-state index contributed by atoms with van der Waals surface area (Å²) in [5.41, 5.74) is 3.59. The Morgan fingerprint density at radius 2 is 1.61 bits per heavy atom. The van der Waals surface area contributed by atoms with Gasteiger partial charge in [-0.05, 0) is 61.8 Å². The number of aliphatic hydroxyl groups is 1. The van der Waals surface area contributed by atoms with E-state index < -0.39 is 0 Å². The van der Waals surface area contributed by atoms with E-state index in [1.165, 1.54) is 24.0 Å². The second-order valence-electron chi connectivity index (χ2n) is 6.05. The first kappa shape index (κ1) is 28.4. The molecule has 0 bridgehead atoms. The Morgan fingerprint density at radius 3 is 2.07 bits per heavy atom. The molecule has 0 aliphatic heterocycles. The molecule has 1 aromatic rings. The molecule has 160 valence electrons. The van der Waals surface area contributed by atoms with Gasteiger partial charge in [-0.3, -0.25) is 0 Å². The lowest BCUT2D eigenvalue weighted by atomic mass is 9.93. The summed E-state index contributed by atoms with van der Waals surface area (Å²) in [6, 6.07) is 8.76. The van der Waals surface area contributed by atoms with Gasteiger partial charge in [-0.25, -0.2) is 0 Å². The molecule has 0 unspecified atom stereocenters. The van der Waals surface area contributed by atoms with Crippen molar-refractivity contribution in [1.82, 2.24) is 0 Å². The molecule has 2 nitrogen and oxygen atoms in total. The van der Waals surface area contributed by atoms with Crippen LogP contribution in [0.2, 0.25) is 0 Å². The van der Waals surface area contributed by atoms with Crippen molar-refractivity contribution in [3.8, 4) is 0 Å². The Morgan fingerprint density at radius 1 is 1.04 bits per heavy atom. The third-order valence-electron chi connectivity index (χ3n) is 4.27. The van der Waals surface area contributed by atoms with Gasteiger partial charge in [-0.1, -0.05) is 84.0 Å². The van der Waals surface area contributed by atoms with Crippen LogP contribution in [0.15, 0.2) is 60.4 Å². The van der Waals surface area contributed by atoms with Gasteiger partial charge in [0.15, 0.2) is 0 Å². The maximum absolute atomic E-state index is 8.83. The Hall–Kier alpha value is -1.80. The van der Waals surface area contributed by atoms with E-state index in [1.54, 1.807) is 0 Å². The molecule has 1 aromatic carbocycles. The van der Waals surface area contributed by atoms with Gasteiger partial charge in [0.2, 0.25) is 0 Å². The molecule has 0 aromatic heterocycles. The second kappa shape index (κ2) is 19.9. The molecule has 1 N–H and O–H groups in total. The number of hydrogen-bond donors (Lipinski definition) is 1. The molecular weight excluding hydrogens is 344 g/mol. The number of benzene rings is 1. The van der Waals surface area contributed by atoms with Gasteiger partial charge in [-0.2, -0.15) is 0 Å². The lowest BCUT2D eigenvalue weighted by molar-refractivity contribution is 0.210. The molecule has 0 aliphatic rings. The van der Waals surface area contributed by atoms with Crippen molar-refractivity contribution in [3.63, 3.8) is 0 Å². The zero-order chi connectivity index (χ0) is 21.8. The zero-order valence-electron chi connectivity index (χ0n) is 19.4. The van der Waals surface area contributed by atoms with E-state index in [2.05, 4.69) is 44.7 Å². The smallest absolute Gasteiger partial charge is 0.115 e. The van der Waals surface area contributed by atoms with Crippen molar-refractivity contribution >= 4 is 0 Å². The van der Waals surface area contributed by atoms with Gasteiger partial charge in [0.1, 0.15) is 12.4 Å². The summed E-state index contributed by atoms with van der Waals surface area (Å²) in [7, 11) is 0. The summed E-state index contributed by atoms with van der Waals surface area (Å²) in [6.07, 6.45) is 9.77. The topological polar surface area (TPSA) is 29.5 Å².